The summed E-state index contributed by atoms with van der Waals surface area (Å²) in [6.07, 6.45) is 4.01. The molecule has 0 aliphatic carbocycles. The van der Waals surface area contributed by atoms with E-state index in [0.29, 0.717) is 19.7 Å². The molecule has 2 unspecified atom stereocenters. The van der Waals surface area contributed by atoms with Gasteiger partial charge in [0.1, 0.15) is 6.10 Å². The molecule has 2 rings (SSSR count). The van der Waals surface area contributed by atoms with Crippen molar-refractivity contribution < 1.29 is 14.3 Å². The van der Waals surface area contributed by atoms with Crippen LogP contribution in [0.25, 0.3) is 0 Å². The van der Waals surface area contributed by atoms with E-state index < -0.39 is 6.10 Å². The van der Waals surface area contributed by atoms with Gasteiger partial charge >= 0.3 is 0 Å². The van der Waals surface area contributed by atoms with Crippen LogP contribution in [0.5, 0.6) is 0 Å². The molecule has 22 heavy (non-hydrogen) atoms. The van der Waals surface area contributed by atoms with E-state index in [4.69, 9.17) is 4.74 Å². The standard InChI is InChI=1S/C16H27N3O3/c1-3-4-10-22-13(2)16(21)18-8-5-6-14(12-18)19-9-7-17-11-15(19)20/h3,13-14,17H,1,4-12H2,2H3. The first kappa shape index (κ1) is 17.0. The maximum absolute atomic E-state index is 12.5. The lowest BCUT2D eigenvalue weighted by Gasteiger charge is -2.41. The van der Waals surface area contributed by atoms with Crippen molar-refractivity contribution in [1.82, 2.24) is 15.1 Å². The zero-order valence-corrected chi connectivity index (χ0v) is 13.4. The molecule has 2 aliphatic heterocycles. The van der Waals surface area contributed by atoms with Gasteiger partial charge in [0.25, 0.3) is 5.91 Å². The summed E-state index contributed by atoms with van der Waals surface area (Å²) in [5.74, 6) is 0.164. The molecule has 124 valence electrons. The second kappa shape index (κ2) is 8.29. The Morgan fingerprint density at radius 2 is 2.36 bits per heavy atom. The number of nitrogens with zero attached hydrogens (tertiary/aromatic N) is 2. The molecule has 2 amide bonds. The van der Waals surface area contributed by atoms with Gasteiger partial charge in [0, 0.05) is 32.2 Å². The average molecular weight is 309 g/mol. The summed E-state index contributed by atoms with van der Waals surface area (Å²) in [6.45, 7) is 9.31. The third-order valence-corrected chi connectivity index (χ3v) is 4.31. The fraction of sp³-hybridized carbons (Fsp3) is 0.750. The summed E-state index contributed by atoms with van der Waals surface area (Å²) in [7, 11) is 0. The quantitative estimate of drug-likeness (QED) is 0.569. The molecule has 2 atom stereocenters. The van der Waals surface area contributed by atoms with Gasteiger partial charge in [-0.15, -0.1) is 6.58 Å². The molecule has 6 nitrogen and oxygen atoms in total. The van der Waals surface area contributed by atoms with Crippen molar-refractivity contribution >= 4 is 11.8 Å². The molecule has 0 bridgehead atoms. The summed E-state index contributed by atoms with van der Waals surface area (Å²) >= 11 is 0. The number of likely N-dealkylation sites (tertiary alicyclic amines) is 1. The SMILES string of the molecule is C=CCCOC(C)C(=O)N1CCCC(N2CCNCC2=O)C1. The number of carbonyl (C=O) groups is 2. The molecule has 2 heterocycles. The van der Waals surface area contributed by atoms with Crippen molar-refractivity contribution in [3.05, 3.63) is 12.7 Å². The lowest BCUT2D eigenvalue weighted by molar-refractivity contribution is -0.147. The predicted molar refractivity (Wildman–Crippen MR) is 84.4 cm³/mol. The van der Waals surface area contributed by atoms with Gasteiger partial charge in [0.15, 0.2) is 0 Å². The summed E-state index contributed by atoms with van der Waals surface area (Å²) in [5, 5.41) is 3.08. The van der Waals surface area contributed by atoms with Crippen molar-refractivity contribution in [2.24, 2.45) is 0 Å². The van der Waals surface area contributed by atoms with Gasteiger partial charge in [-0.25, -0.2) is 0 Å². The van der Waals surface area contributed by atoms with Gasteiger partial charge in [-0.05, 0) is 26.2 Å². The number of amides is 2. The van der Waals surface area contributed by atoms with Crippen LogP contribution in [0.3, 0.4) is 0 Å². The minimum Gasteiger partial charge on any atom is -0.368 e. The second-order valence-electron chi connectivity index (χ2n) is 5.93. The lowest BCUT2D eigenvalue weighted by Crippen LogP contribution is -2.58. The Kier molecular flexibility index (Phi) is 6.39. The Morgan fingerprint density at radius 3 is 3.09 bits per heavy atom. The topological polar surface area (TPSA) is 61.9 Å². The van der Waals surface area contributed by atoms with Crippen LogP contribution in [0.15, 0.2) is 12.7 Å². The molecule has 2 fully saturated rings. The van der Waals surface area contributed by atoms with Crippen molar-refractivity contribution in [2.75, 3.05) is 39.3 Å². The van der Waals surface area contributed by atoms with E-state index in [1.165, 1.54) is 0 Å². The van der Waals surface area contributed by atoms with Gasteiger partial charge in [0.2, 0.25) is 5.91 Å². The Bertz CT molecular complexity index is 413. The zero-order valence-electron chi connectivity index (χ0n) is 13.4. The fourth-order valence-corrected chi connectivity index (χ4v) is 3.07. The first-order chi connectivity index (χ1) is 10.6. The zero-order chi connectivity index (χ0) is 15.9. The summed E-state index contributed by atoms with van der Waals surface area (Å²) < 4.78 is 5.55. The number of hydrogen-bond donors (Lipinski definition) is 1. The first-order valence-corrected chi connectivity index (χ1v) is 8.15. The van der Waals surface area contributed by atoms with Crippen LogP contribution in [0.4, 0.5) is 0 Å². The minimum atomic E-state index is -0.433. The molecule has 0 aromatic heterocycles. The Labute approximate surface area is 132 Å². The highest BCUT2D eigenvalue weighted by atomic mass is 16.5. The summed E-state index contributed by atoms with van der Waals surface area (Å²) in [6, 6.07) is 0.146. The maximum Gasteiger partial charge on any atom is 0.251 e. The highest BCUT2D eigenvalue weighted by Crippen LogP contribution is 2.18. The van der Waals surface area contributed by atoms with Gasteiger partial charge in [-0.3, -0.25) is 9.59 Å². The highest BCUT2D eigenvalue weighted by molar-refractivity contribution is 5.81. The Morgan fingerprint density at radius 1 is 1.55 bits per heavy atom. The van der Waals surface area contributed by atoms with Crippen LogP contribution in [-0.2, 0) is 14.3 Å². The molecule has 1 N–H and O–H groups in total. The van der Waals surface area contributed by atoms with E-state index in [1.807, 2.05) is 9.80 Å². The highest BCUT2D eigenvalue weighted by Gasteiger charge is 2.32. The molecule has 0 aromatic carbocycles. The van der Waals surface area contributed by atoms with E-state index in [9.17, 15) is 9.59 Å². The second-order valence-corrected chi connectivity index (χ2v) is 5.93. The van der Waals surface area contributed by atoms with E-state index in [-0.39, 0.29) is 17.9 Å². The van der Waals surface area contributed by atoms with E-state index in [0.717, 1.165) is 38.9 Å². The monoisotopic (exact) mass is 309 g/mol. The largest absolute Gasteiger partial charge is 0.368 e. The normalized spacial score (nSPS) is 24.2. The Hall–Kier alpha value is -1.40. The van der Waals surface area contributed by atoms with E-state index in [2.05, 4.69) is 11.9 Å². The van der Waals surface area contributed by atoms with E-state index in [1.54, 1.807) is 13.0 Å². The average Bonchev–Trinajstić information content (AvgIpc) is 2.55. The summed E-state index contributed by atoms with van der Waals surface area (Å²) in [5.41, 5.74) is 0. The van der Waals surface area contributed by atoms with Gasteiger partial charge in [0.05, 0.1) is 13.2 Å². The van der Waals surface area contributed by atoms with Crippen molar-refractivity contribution in [3.8, 4) is 0 Å². The molecule has 0 radical (unpaired) electrons. The van der Waals surface area contributed by atoms with Crippen LogP contribution in [0, 0.1) is 0 Å². The van der Waals surface area contributed by atoms with Crippen LogP contribution in [0.1, 0.15) is 26.2 Å². The number of hydrogen-bond acceptors (Lipinski definition) is 4. The number of rotatable bonds is 6. The number of ether oxygens (including phenoxy) is 1. The van der Waals surface area contributed by atoms with Crippen LogP contribution in [-0.4, -0.2) is 73.1 Å². The molecule has 2 saturated heterocycles. The molecule has 0 aromatic rings. The third kappa shape index (κ3) is 4.30. The van der Waals surface area contributed by atoms with Crippen LogP contribution in [0.2, 0.25) is 0 Å². The molecular formula is C16H27N3O3. The van der Waals surface area contributed by atoms with Crippen molar-refractivity contribution in [1.29, 1.82) is 0 Å². The molecule has 2 aliphatic rings. The van der Waals surface area contributed by atoms with E-state index >= 15 is 0 Å². The molecule has 0 spiro atoms. The summed E-state index contributed by atoms with van der Waals surface area (Å²) in [4.78, 5) is 28.2. The van der Waals surface area contributed by atoms with Crippen molar-refractivity contribution in [3.63, 3.8) is 0 Å². The number of piperidine rings is 1. The van der Waals surface area contributed by atoms with Crippen LogP contribution >= 0.6 is 0 Å². The van der Waals surface area contributed by atoms with Gasteiger partial charge in [-0.1, -0.05) is 6.08 Å². The lowest BCUT2D eigenvalue weighted by atomic mass is 10.0. The Balaban J connectivity index is 1.87. The number of nitrogens with one attached hydrogen (secondary N) is 1. The maximum atomic E-state index is 12.5. The number of carbonyl (C=O) groups excluding carboxylic acids is 2. The predicted octanol–water partition coefficient (Wildman–Crippen LogP) is 0.390. The fourth-order valence-electron chi connectivity index (χ4n) is 3.07. The van der Waals surface area contributed by atoms with Crippen molar-refractivity contribution in [2.45, 2.75) is 38.3 Å². The minimum absolute atomic E-state index is 0.0244. The molecular weight excluding hydrogens is 282 g/mol. The van der Waals surface area contributed by atoms with Gasteiger partial charge < -0.3 is 19.9 Å². The molecule has 0 saturated carbocycles. The number of piperazine rings is 1. The van der Waals surface area contributed by atoms with Crippen LogP contribution < -0.4 is 5.32 Å². The third-order valence-electron chi connectivity index (χ3n) is 4.31. The van der Waals surface area contributed by atoms with Gasteiger partial charge in [-0.2, -0.15) is 0 Å². The smallest absolute Gasteiger partial charge is 0.251 e. The molecule has 6 heteroatoms. The first-order valence-electron chi connectivity index (χ1n) is 8.15.